The minimum absolute atomic E-state index is 0. The van der Waals surface area contributed by atoms with Crippen LogP contribution < -0.4 is 22.9 Å². The van der Waals surface area contributed by atoms with E-state index >= 15 is 0 Å². The van der Waals surface area contributed by atoms with E-state index in [0.717, 1.165) is 51.4 Å². The molecule has 280 valence electrons. The Morgan fingerprint density at radius 1 is 0.267 bits per heavy atom. The Morgan fingerprint density at radius 3 is 0.644 bits per heavy atom. The Morgan fingerprint density at radius 2 is 0.444 bits per heavy atom. The van der Waals surface area contributed by atoms with Gasteiger partial charge in [0.25, 0.3) is 0 Å². The second-order valence-electron chi connectivity index (χ2n) is 10.1. The molecular formula is C33H80N4O8. The lowest BCUT2D eigenvalue weighted by Gasteiger charge is -2.33. The molecule has 0 amide bonds. The van der Waals surface area contributed by atoms with E-state index in [1.54, 1.807) is 0 Å². The Hall–Kier alpha value is -0.480. The number of rotatable bonds is 36. The molecule has 0 heterocycles. The van der Waals surface area contributed by atoms with Crippen LogP contribution >= 0.6 is 0 Å². The zero-order valence-electron chi connectivity index (χ0n) is 25.9. The Bertz CT molecular complexity index is 414. The molecule has 0 unspecified atom stereocenters. The molecule has 0 saturated carbocycles. The van der Waals surface area contributed by atoms with E-state index < -0.39 is 5.41 Å². The summed E-state index contributed by atoms with van der Waals surface area (Å²) >= 11 is 0. The van der Waals surface area contributed by atoms with Gasteiger partial charge in [-0.25, -0.2) is 0 Å². The van der Waals surface area contributed by atoms with Crippen LogP contribution in [-0.4, -0.2) is 132 Å². The van der Waals surface area contributed by atoms with Gasteiger partial charge in [0.1, 0.15) is 0 Å². The Labute approximate surface area is 279 Å². The molecule has 0 aliphatic heterocycles. The summed E-state index contributed by atoms with van der Waals surface area (Å²) in [5.74, 6) is 0. The highest BCUT2D eigenvalue weighted by atomic mass is 16.5. The van der Waals surface area contributed by atoms with E-state index in [1.807, 2.05) is 0 Å². The average Bonchev–Trinajstić information content (AvgIpc) is 2.98. The van der Waals surface area contributed by atoms with Gasteiger partial charge in [-0.05, 0) is 77.5 Å². The first-order chi connectivity index (χ1) is 20.2. The molecule has 0 aliphatic carbocycles. The van der Waals surface area contributed by atoms with Crippen molar-refractivity contribution in [1.82, 2.24) is 0 Å². The summed E-state index contributed by atoms with van der Waals surface area (Å²) in [6.45, 7) is 12.0. The van der Waals surface area contributed by atoms with E-state index in [1.165, 1.54) is 0 Å². The molecule has 0 rings (SSSR count). The van der Waals surface area contributed by atoms with Crippen LogP contribution in [0, 0.1) is 5.41 Å². The fourth-order valence-corrected chi connectivity index (χ4v) is 3.61. The number of hydrogen-bond acceptors (Lipinski definition) is 12. The average molecular weight is 661 g/mol. The van der Waals surface area contributed by atoms with Crippen LogP contribution in [0.2, 0.25) is 0 Å². The topological polar surface area (TPSA) is 178 Å². The lowest BCUT2D eigenvalue weighted by Crippen LogP contribution is -2.42. The van der Waals surface area contributed by atoms with Gasteiger partial charge in [-0.1, -0.05) is 29.7 Å². The highest BCUT2D eigenvalue weighted by Gasteiger charge is 2.32. The van der Waals surface area contributed by atoms with Crippen molar-refractivity contribution in [2.24, 2.45) is 28.3 Å². The van der Waals surface area contributed by atoms with Crippen LogP contribution in [-0.2, 0) is 37.9 Å². The normalized spacial score (nSPS) is 10.9. The summed E-state index contributed by atoms with van der Waals surface area (Å²) < 4.78 is 46.9. The van der Waals surface area contributed by atoms with Crippen LogP contribution in [0.5, 0.6) is 0 Å². The summed E-state index contributed by atoms with van der Waals surface area (Å²) in [5.41, 5.74) is 21.6. The maximum absolute atomic E-state index is 6.12. The van der Waals surface area contributed by atoms with Crippen molar-refractivity contribution in [1.29, 1.82) is 0 Å². The minimum atomic E-state index is -0.443. The van der Waals surface area contributed by atoms with Crippen LogP contribution in [0.4, 0.5) is 0 Å². The molecule has 8 N–H and O–H groups in total. The lowest BCUT2D eigenvalue weighted by molar-refractivity contribution is -0.111. The SMILES string of the molecule is C.C.C.C.NCCCOCCCOCC(COCCCOCCCN)(COCCCOCCCN)COCCCOCCCN. The molecule has 0 bridgehead atoms. The van der Waals surface area contributed by atoms with E-state index in [4.69, 9.17) is 60.8 Å². The van der Waals surface area contributed by atoms with Crippen LogP contribution in [0.15, 0.2) is 0 Å². The predicted molar refractivity (Wildman–Crippen MR) is 189 cm³/mol. The summed E-state index contributed by atoms with van der Waals surface area (Å²) in [6, 6.07) is 0. The van der Waals surface area contributed by atoms with E-state index in [0.29, 0.717) is 132 Å². The molecule has 12 nitrogen and oxygen atoms in total. The number of ether oxygens (including phenoxy) is 8. The largest absolute Gasteiger partial charge is 0.381 e. The zero-order chi connectivity index (χ0) is 30.0. The van der Waals surface area contributed by atoms with Gasteiger partial charge in [0.05, 0.1) is 31.8 Å². The highest BCUT2D eigenvalue weighted by molar-refractivity contribution is 4.79. The smallest absolute Gasteiger partial charge is 0.0637 e. The molecule has 0 aromatic rings. The summed E-state index contributed by atoms with van der Waals surface area (Å²) in [7, 11) is 0. The fourth-order valence-electron chi connectivity index (χ4n) is 3.61. The van der Waals surface area contributed by atoms with E-state index in [-0.39, 0.29) is 29.7 Å². The molecule has 0 spiro atoms. The summed E-state index contributed by atoms with van der Waals surface area (Å²) in [6.07, 6.45) is 6.70. The predicted octanol–water partition coefficient (Wildman–Crippen LogP) is 3.61. The third-order valence-electron chi connectivity index (χ3n) is 5.91. The van der Waals surface area contributed by atoms with Crippen molar-refractivity contribution in [3.63, 3.8) is 0 Å². The molecule has 12 heteroatoms. The first kappa shape index (κ1) is 54.0. The van der Waals surface area contributed by atoms with Gasteiger partial charge in [0.2, 0.25) is 0 Å². The Kier molecular flexibility index (Phi) is 54.8. The quantitative estimate of drug-likeness (QED) is 0.0719. The van der Waals surface area contributed by atoms with Crippen molar-refractivity contribution in [3.05, 3.63) is 0 Å². The lowest BCUT2D eigenvalue weighted by atomic mass is 9.92. The van der Waals surface area contributed by atoms with Gasteiger partial charge in [0, 0.05) is 79.3 Å². The molecule has 45 heavy (non-hydrogen) atoms. The minimum Gasteiger partial charge on any atom is -0.381 e. The molecule has 0 fully saturated rings. The fraction of sp³-hybridized carbons (Fsp3) is 1.00. The van der Waals surface area contributed by atoms with Gasteiger partial charge in [-0.15, -0.1) is 0 Å². The van der Waals surface area contributed by atoms with Crippen molar-refractivity contribution in [3.8, 4) is 0 Å². The highest BCUT2D eigenvalue weighted by Crippen LogP contribution is 2.21. The third kappa shape index (κ3) is 39.6. The van der Waals surface area contributed by atoms with E-state index in [2.05, 4.69) is 0 Å². The Balaban J connectivity index is -0.00000133. The molecule has 0 aromatic heterocycles. The first-order valence-electron chi connectivity index (χ1n) is 15.7. The van der Waals surface area contributed by atoms with Crippen molar-refractivity contribution in [2.75, 3.05) is 132 Å². The first-order valence-corrected chi connectivity index (χ1v) is 15.7. The second-order valence-corrected chi connectivity index (χ2v) is 10.1. The number of hydrogen-bond donors (Lipinski definition) is 4. The zero-order valence-corrected chi connectivity index (χ0v) is 25.9. The third-order valence-corrected chi connectivity index (χ3v) is 5.91. The van der Waals surface area contributed by atoms with Crippen molar-refractivity contribution >= 4 is 0 Å². The second kappa shape index (κ2) is 45.6. The maximum Gasteiger partial charge on any atom is 0.0637 e. The van der Waals surface area contributed by atoms with Crippen LogP contribution in [0.25, 0.3) is 0 Å². The van der Waals surface area contributed by atoms with Crippen molar-refractivity contribution in [2.45, 2.75) is 81.1 Å². The van der Waals surface area contributed by atoms with Gasteiger partial charge >= 0.3 is 0 Å². The number of nitrogens with two attached hydrogens (primary N) is 4. The van der Waals surface area contributed by atoms with Crippen LogP contribution in [0.3, 0.4) is 0 Å². The van der Waals surface area contributed by atoms with Gasteiger partial charge in [0.15, 0.2) is 0 Å². The van der Waals surface area contributed by atoms with Gasteiger partial charge in [-0.2, -0.15) is 0 Å². The molecule has 0 aromatic carbocycles. The molecular weight excluding hydrogens is 580 g/mol. The summed E-state index contributed by atoms with van der Waals surface area (Å²) in [5, 5.41) is 0. The van der Waals surface area contributed by atoms with Crippen molar-refractivity contribution < 1.29 is 37.9 Å². The van der Waals surface area contributed by atoms with Gasteiger partial charge in [-0.3, -0.25) is 0 Å². The molecule has 0 atom stereocenters. The monoisotopic (exact) mass is 661 g/mol. The summed E-state index contributed by atoms with van der Waals surface area (Å²) in [4.78, 5) is 0. The molecule has 0 radical (unpaired) electrons. The maximum atomic E-state index is 6.12. The molecule has 0 saturated heterocycles. The standard InChI is InChI=1S/C29H64N4O8.4CH4/c30-9-1-13-34-17-5-21-38-25-29(26-39-22-6-18-35-14-2-10-31,27-40-23-7-19-36-15-3-11-32)28-41-24-8-20-37-16-4-12-33;;;;/h1-28,30-33H2;4*1H4. The van der Waals surface area contributed by atoms with Crippen LogP contribution in [0.1, 0.15) is 81.1 Å². The van der Waals surface area contributed by atoms with Gasteiger partial charge < -0.3 is 60.8 Å². The molecule has 0 aliphatic rings. The van der Waals surface area contributed by atoms with E-state index in [9.17, 15) is 0 Å².